The smallest absolute Gasteiger partial charge is 0.154 e. The van der Waals surface area contributed by atoms with E-state index in [1.54, 1.807) is 0 Å². The van der Waals surface area contributed by atoms with Gasteiger partial charge in [-0.25, -0.2) is 0 Å². The summed E-state index contributed by atoms with van der Waals surface area (Å²) in [7, 11) is 0. The van der Waals surface area contributed by atoms with Gasteiger partial charge in [-0.3, -0.25) is 0 Å². The van der Waals surface area contributed by atoms with Crippen LogP contribution in [0.5, 0.6) is 0 Å². The van der Waals surface area contributed by atoms with Crippen molar-refractivity contribution in [3.63, 3.8) is 0 Å². The molecule has 4 nitrogen and oxygen atoms in total. The largest absolute Gasteiger partial charge is 0.379 e. The summed E-state index contributed by atoms with van der Waals surface area (Å²) >= 11 is 0. The summed E-state index contributed by atoms with van der Waals surface area (Å²) in [6.45, 7) is 3.08. The molecule has 60 valence electrons. The van der Waals surface area contributed by atoms with Crippen molar-refractivity contribution in [2.45, 2.75) is 31.5 Å². The minimum absolute atomic E-state index is 0.391. The predicted molar refractivity (Wildman–Crippen MR) is 38.3 cm³/mol. The molecular weight excluding hydrogens is 132 g/mol. The Morgan fingerprint density at radius 2 is 1.70 bits per heavy atom. The molecule has 5 N–H and O–H groups in total. The van der Waals surface area contributed by atoms with E-state index in [-0.39, 0.29) is 0 Å². The topological polar surface area (TPSA) is 89.3 Å². The van der Waals surface area contributed by atoms with Crippen molar-refractivity contribution in [3.8, 4) is 0 Å². The third-order valence-corrected chi connectivity index (χ3v) is 1.65. The summed E-state index contributed by atoms with van der Waals surface area (Å²) in [5.74, 6) is 0. The van der Waals surface area contributed by atoms with Crippen LogP contribution in [-0.2, 0) is 4.79 Å². The zero-order valence-corrected chi connectivity index (χ0v) is 6.24. The maximum absolute atomic E-state index is 10.3. The number of aliphatic hydroxyl groups is 1. The predicted octanol–water partition coefficient (Wildman–Crippen LogP) is -1.39. The average molecular weight is 146 g/mol. The first-order valence-corrected chi connectivity index (χ1v) is 3.15. The van der Waals surface area contributed by atoms with Crippen molar-refractivity contribution < 1.29 is 9.90 Å². The Morgan fingerprint density at radius 1 is 1.40 bits per heavy atom. The molecule has 0 radical (unpaired) electrons. The summed E-state index contributed by atoms with van der Waals surface area (Å²) in [5.41, 5.74) is 9.06. The van der Waals surface area contributed by atoms with Crippen molar-refractivity contribution in [2.75, 3.05) is 0 Å². The molecule has 0 saturated heterocycles. The standard InChI is InChI=1S/C6H14N2O2/c1-4(7)6(10,3-9)5(2)8/h3-5,10H,7-8H2,1-2H3. The van der Waals surface area contributed by atoms with E-state index in [2.05, 4.69) is 0 Å². The van der Waals surface area contributed by atoms with E-state index in [4.69, 9.17) is 11.5 Å². The van der Waals surface area contributed by atoms with Crippen molar-refractivity contribution in [2.24, 2.45) is 11.5 Å². The summed E-state index contributed by atoms with van der Waals surface area (Å²) in [6, 6.07) is -1.27. The molecule has 10 heavy (non-hydrogen) atoms. The molecule has 0 aromatic carbocycles. The zero-order chi connectivity index (χ0) is 8.36. The van der Waals surface area contributed by atoms with Gasteiger partial charge in [0.2, 0.25) is 0 Å². The maximum atomic E-state index is 10.3. The second-order valence-electron chi connectivity index (χ2n) is 2.58. The first-order valence-electron chi connectivity index (χ1n) is 3.15. The van der Waals surface area contributed by atoms with Gasteiger partial charge in [-0.05, 0) is 13.8 Å². The van der Waals surface area contributed by atoms with Gasteiger partial charge in [-0.1, -0.05) is 0 Å². The second-order valence-corrected chi connectivity index (χ2v) is 2.58. The van der Waals surface area contributed by atoms with Gasteiger partial charge in [0.15, 0.2) is 6.29 Å². The van der Waals surface area contributed by atoms with Crippen molar-refractivity contribution in [1.82, 2.24) is 0 Å². The highest BCUT2D eigenvalue weighted by molar-refractivity contribution is 5.64. The number of carbonyl (C=O) groups excluding carboxylic acids is 1. The highest BCUT2D eigenvalue weighted by atomic mass is 16.3. The number of hydrogen-bond donors (Lipinski definition) is 3. The van der Waals surface area contributed by atoms with Crippen LogP contribution in [0.15, 0.2) is 0 Å². The maximum Gasteiger partial charge on any atom is 0.154 e. The lowest BCUT2D eigenvalue weighted by Gasteiger charge is -2.29. The summed E-state index contributed by atoms with van der Waals surface area (Å²) < 4.78 is 0. The fourth-order valence-electron chi connectivity index (χ4n) is 0.629. The lowest BCUT2D eigenvalue weighted by molar-refractivity contribution is -0.127. The molecule has 2 atom stereocenters. The van der Waals surface area contributed by atoms with E-state index in [1.165, 1.54) is 13.8 Å². The van der Waals surface area contributed by atoms with Gasteiger partial charge < -0.3 is 21.4 Å². The zero-order valence-electron chi connectivity index (χ0n) is 6.24. The molecule has 4 heteroatoms. The lowest BCUT2D eigenvalue weighted by Crippen LogP contribution is -2.58. The SMILES string of the molecule is CC(N)C(O)(C=O)C(C)N. The number of rotatable bonds is 3. The first kappa shape index (κ1) is 9.55. The summed E-state index contributed by atoms with van der Waals surface area (Å²) in [4.78, 5) is 10.3. The van der Waals surface area contributed by atoms with E-state index < -0.39 is 17.7 Å². The van der Waals surface area contributed by atoms with Gasteiger partial charge in [-0.15, -0.1) is 0 Å². The molecule has 0 aromatic heterocycles. The number of nitrogens with two attached hydrogens (primary N) is 2. The molecule has 2 unspecified atom stereocenters. The summed E-state index contributed by atoms with van der Waals surface area (Å²) in [6.07, 6.45) is 0.391. The minimum atomic E-state index is -1.58. The van der Waals surface area contributed by atoms with Crippen molar-refractivity contribution >= 4 is 6.29 Å². The van der Waals surface area contributed by atoms with E-state index in [9.17, 15) is 9.90 Å². The molecule has 0 aliphatic heterocycles. The molecule has 0 fully saturated rings. The quantitative estimate of drug-likeness (QED) is 0.428. The normalized spacial score (nSPS) is 22.9. The molecule has 0 rings (SSSR count). The van der Waals surface area contributed by atoms with Gasteiger partial charge in [0.05, 0.1) is 0 Å². The Bertz CT molecular complexity index is 115. The van der Waals surface area contributed by atoms with E-state index in [0.29, 0.717) is 6.29 Å². The molecule has 0 aliphatic rings. The highest BCUT2D eigenvalue weighted by Crippen LogP contribution is 2.08. The van der Waals surface area contributed by atoms with Crippen LogP contribution in [0.1, 0.15) is 13.8 Å². The molecule has 0 spiro atoms. The Balaban J connectivity index is 4.38. The van der Waals surface area contributed by atoms with E-state index >= 15 is 0 Å². The molecule has 0 saturated carbocycles. The van der Waals surface area contributed by atoms with Crippen LogP contribution in [0, 0.1) is 0 Å². The van der Waals surface area contributed by atoms with Crippen molar-refractivity contribution in [3.05, 3.63) is 0 Å². The monoisotopic (exact) mass is 146 g/mol. The number of hydrogen-bond acceptors (Lipinski definition) is 4. The van der Waals surface area contributed by atoms with Crippen LogP contribution < -0.4 is 11.5 Å². The second kappa shape index (κ2) is 3.09. The van der Waals surface area contributed by atoms with Crippen LogP contribution in [0.25, 0.3) is 0 Å². The summed E-state index contributed by atoms with van der Waals surface area (Å²) in [5, 5.41) is 9.36. The molecular formula is C6H14N2O2. The highest BCUT2D eigenvalue weighted by Gasteiger charge is 2.35. The van der Waals surface area contributed by atoms with Crippen molar-refractivity contribution in [1.29, 1.82) is 0 Å². The Labute approximate surface area is 60.2 Å². The Morgan fingerprint density at radius 3 is 1.70 bits per heavy atom. The van der Waals surface area contributed by atoms with Crippen LogP contribution in [0.3, 0.4) is 0 Å². The third kappa shape index (κ3) is 1.53. The van der Waals surface area contributed by atoms with Gasteiger partial charge >= 0.3 is 0 Å². The van der Waals surface area contributed by atoms with Crippen LogP contribution in [0.2, 0.25) is 0 Å². The fraction of sp³-hybridized carbons (Fsp3) is 0.833. The Hall–Kier alpha value is -0.450. The van der Waals surface area contributed by atoms with Gasteiger partial charge in [0.1, 0.15) is 5.60 Å². The fourth-order valence-corrected chi connectivity index (χ4v) is 0.629. The average Bonchev–Trinajstić information content (AvgIpc) is 1.85. The number of carbonyl (C=O) groups is 1. The van der Waals surface area contributed by atoms with Crippen LogP contribution >= 0.6 is 0 Å². The third-order valence-electron chi connectivity index (χ3n) is 1.65. The van der Waals surface area contributed by atoms with Crippen LogP contribution in [-0.4, -0.2) is 29.1 Å². The molecule has 0 aromatic rings. The van der Waals surface area contributed by atoms with E-state index in [0.717, 1.165) is 0 Å². The molecule has 0 heterocycles. The van der Waals surface area contributed by atoms with Gasteiger partial charge in [0, 0.05) is 12.1 Å². The Kier molecular flexibility index (Phi) is 2.96. The molecule has 0 amide bonds. The van der Waals surface area contributed by atoms with Gasteiger partial charge in [-0.2, -0.15) is 0 Å². The lowest BCUT2D eigenvalue weighted by atomic mass is 9.91. The van der Waals surface area contributed by atoms with Crippen LogP contribution in [0.4, 0.5) is 0 Å². The van der Waals surface area contributed by atoms with Gasteiger partial charge in [0.25, 0.3) is 0 Å². The van der Waals surface area contributed by atoms with E-state index in [1.807, 2.05) is 0 Å². The minimum Gasteiger partial charge on any atom is -0.379 e. The molecule has 0 aliphatic carbocycles. The first-order chi connectivity index (χ1) is 4.45. The molecule has 0 bridgehead atoms. The number of aldehydes is 1.